The number of nitrogens with one attached hydrogen (secondary N) is 2. The van der Waals surface area contributed by atoms with E-state index >= 15 is 0 Å². The number of quaternary nitrogens is 1. The molecule has 0 radical (unpaired) electrons. The summed E-state index contributed by atoms with van der Waals surface area (Å²) >= 11 is 0. The average Bonchev–Trinajstić information content (AvgIpc) is 2.78. The Hall–Kier alpha value is -2.52. The molecule has 0 saturated heterocycles. The number of rotatable bonds is 21. The number of carboxylic acid groups (broad SMARTS) is 1. The number of carboxylic acids is 1. The first-order chi connectivity index (χ1) is 16.4. The fraction of sp³-hybridized carbons (Fsp3) is 0.692. The summed E-state index contributed by atoms with van der Waals surface area (Å²) in [6, 6.07) is 0.0271. The highest BCUT2D eigenvalue weighted by Crippen LogP contribution is 2.24. The number of esters is 1. The summed E-state index contributed by atoms with van der Waals surface area (Å²) in [4.78, 5) is 45.8. The zero-order chi connectivity index (χ0) is 26.9. The second-order valence-corrected chi connectivity index (χ2v) is 9.60. The maximum absolute atomic E-state index is 12.5. The number of hydrogen-bond donors (Lipinski definition) is 3. The van der Waals surface area contributed by atoms with Crippen molar-refractivity contribution >= 4 is 24.1 Å². The predicted molar refractivity (Wildman–Crippen MR) is 137 cm³/mol. The Morgan fingerprint density at radius 1 is 0.971 bits per heavy atom. The molecule has 0 saturated carbocycles. The molecule has 0 aromatic rings. The van der Waals surface area contributed by atoms with E-state index < -0.39 is 11.9 Å². The first-order valence-corrected chi connectivity index (χ1v) is 12.4. The number of amides is 1. The van der Waals surface area contributed by atoms with Gasteiger partial charge in [-0.25, -0.2) is 4.79 Å². The summed E-state index contributed by atoms with van der Waals surface area (Å²) in [5.74, 6) is -1.46. The van der Waals surface area contributed by atoms with Crippen molar-refractivity contribution in [3.63, 3.8) is 0 Å². The van der Waals surface area contributed by atoms with Crippen LogP contribution in [0.25, 0.3) is 0 Å². The average molecular weight is 497 g/mol. The van der Waals surface area contributed by atoms with Gasteiger partial charge in [-0.2, -0.15) is 0 Å². The Morgan fingerprint density at radius 2 is 1.66 bits per heavy atom. The van der Waals surface area contributed by atoms with Crippen molar-refractivity contribution in [2.45, 2.75) is 83.8 Å². The highest BCUT2D eigenvalue weighted by Gasteiger charge is 2.37. The van der Waals surface area contributed by atoms with E-state index in [0.29, 0.717) is 61.0 Å². The monoisotopic (exact) mass is 496 g/mol. The van der Waals surface area contributed by atoms with Crippen LogP contribution < -0.4 is 10.6 Å². The summed E-state index contributed by atoms with van der Waals surface area (Å²) < 4.78 is 5.53. The van der Waals surface area contributed by atoms with Gasteiger partial charge >= 0.3 is 11.9 Å². The molecule has 0 heterocycles. The van der Waals surface area contributed by atoms with Crippen LogP contribution in [0.4, 0.5) is 0 Å². The zero-order valence-corrected chi connectivity index (χ0v) is 22.1. The number of unbranched alkanes of at least 4 members (excludes halogenated alkanes) is 3. The molecule has 0 aliphatic carbocycles. The fourth-order valence-corrected chi connectivity index (χ4v) is 3.83. The smallest absolute Gasteiger partial charge is 0.333 e. The summed E-state index contributed by atoms with van der Waals surface area (Å²) in [6.45, 7) is 12.1. The van der Waals surface area contributed by atoms with Gasteiger partial charge < -0.3 is 29.8 Å². The van der Waals surface area contributed by atoms with Crippen molar-refractivity contribution < 1.29 is 33.5 Å². The minimum Gasteiger partial charge on any atom is -0.481 e. The molecule has 3 N–H and O–H groups in total. The number of aliphatic carboxylic acids is 1. The number of hydrogen-bond acceptors (Lipinski definition) is 6. The maximum atomic E-state index is 12.5. The number of carbonyl (C=O) groups excluding carboxylic acids is 3. The fourth-order valence-electron chi connectivity index (χ4n) is 3.83. The molecule has 0 aromatic carbocycles. The first kappa shape index (κ1) is 32.5. The summed E-state index contributed by atoms with van der Waals surface area (Å²) in [5.41, 5.74) is 0.786. The lowest BCUT2D eigenvalue weighted by Crippen LogP contribution is -2.63. The van der Waals surface area contributed by atoms with Crippen molar-refractivity contribution in [3.8, 4) is 0 Å². The van der Waals surface area contributed by atoms with Crippen molar-refractivity contribution in [2.75, 3.05) is 33.8 Å². The minimum atomic E-state index is -0.840. The number of ether oxygens (including phenoxy) is 1. The van der Waals surface area contributed by atoms with E-state index in [1.807, 2.05) is 14.1 Å². The van der Waals surface area contributed by atoms with Crippen LogP contribution in [0.5, 0.6) is 0 Å². The van der Waals surface area contributed by atoms with Gasteiger partial charge in [-0.1, -0.05) is 19.6 Å². The van der Waals surface area contributed by atoms with Crippen molar-refractivity contribution in [1.29, 1.82) is 0 Å². The number of aldehydes is 1. The van der Waals surface area contributed by atoms with E-state index in [0.717, 1.165) is 32.0 Å². The molecule has 200 valence electrons. The third-order valence-corrected chi connectivity index (χ3v) is 6.15. The van der Waals surface area contributed by atoms with Gasteiger partial charge in [0.15, 0.2) is 6.17 Å². The highest BCUT2D eigenvalue weighted by atomic mass is 16.5. The second kappa shape index (κ2) is 17.8. The van der Waals surface area contributed by atoms with Crippen LogP contribution in [-0.4, -0.2) is 79.7 Å². The van der Waals surface area contributed by atoms with E-state index in [4.69, 9.17) is 4.74 Å². The van der Waals surface area contributed by atoms with Gasteiger partial charge in [0.05, 0.1) is 33.2 Å². The zero-order valence-electron chi connectivity index (χ0n) is 22.1. The van der Waals surface area contributed by atoms with Crippen LogP contribution >= 0.6 is 0 Å². The molecule has 0 fully saturated rings. The first-order valence-electron chi connectivity index (χ1n) is 12.4. The second-order valence-electron chi connectivity index (χ2n) is 9.60. The number of nitrogens with zero attached hydrogens (tertiary/aromatic N) is 1. The Morgan fingerprint density at radius 3 is 2.23 bits per heavy atom. The lowest BCUT2D eigenvalue weighted by molar-refractivity contribution is -0.941. The van der Waals surface area contributed by atoms with Gasteiger partial charge in [-0.15, -0.1) is 0 Å². The van der Waals surface area contributed by atoms with Crippen LogP contribution in [0.3, 0.4) is 0 Å². The molecule has 0 aliphatic heterocycles. The van der Waals surface area contributed by atoms with Gasteiger partial charge in [0.2, 0.25) is 0 Å². The van der Waals surface area contributed by atoms with Crippen LogP contribution in [0.1, 0.15) is 71.6 Å². The lowest BCUT2D eigenvalue weighted by atomic mass is 9.98. The van der Waals surface area contributed by atoms with E-state index in [1.165, 1.54) is 0 Å². The quantitative estimate of drug-likeness (QED) is 0.0558. The molecule has 0 spiro atoms. The SMILES string of the molecule is C=C(C)C(=O)NC(CCNCCCOC(=O)C(=C)C)[N+](C)(C)C(CCCCCC=O)CCC(=O)O. The molecule has 2 unspecified atom stereocenters. The van der Waals surface area contributed by atoms with Gasteiger partial charge in [0, 0.05) is 37.0 Å². The Labute approximate surface area is 210 Å². The Kier molecular flexibility index (Phi) is 16.6. The highest BCUT2D eigenvalue weighted by molar-refractivity contribution is 5.92. The third kappa shape index (κ3) is 14.5. The summed E-state index contributed by atoms with van der Waals surface area (Å²) in [5, 5.41) is 15.7. The molecular weight excluding hydrogens is 450 g/mol. The molecule has 35 heavy (non-hydrogen) atoms. The van der Waals surface area contributed by atoms with Gasteiger partial charge in [-0.3, -0.25) is 9.59 Å². The maximum Gasteiger partial charge on any atom is 0.333 e. The van der Waals surface area contributed by atoms with Crippen LogP contribution in [0.15, 0.2) is 24.3 Å². The molecular formula is C26H46N3O6+. The summed E-state index contributed by atoms with van der Waals surface area (Å²) in [6.07, 6.45) is 6.47. The molecule has 0 aromatic heterocycles. The molecule has 0 aliphatic rings. The van der Waals surface area contributed by atoms with Crippen LogP contribution in [0, 0.1) is 0 Å². The van der Waals surface area contributed by atoms with Crippen molar-refractivity contribution in [1.82, 2.24) is 10.6 Å². The van der Waals surface area contributed by atoms with Gasteiger partial charge in [0.1, 0.15) is 6.29 Å². The lowest BCUT2D eigenvalue weighted by Gasteiger charge is -2.44. The van der Waals surface area contributed by atoms with Crippen LogP contribution in [0.2, 0.25) is 0 Å². The van der Waals surface area contributed by atoms with Gasteiger partial charge in [0.25, 0.3) is 5.91 Å². The topological polar surface area (TPSA) is 122 Å². The summed E-state index contributed by atoms with van der Waals surface area (Å²) in [7, 11) is 4.05. The molecule has 0 rings (SSSR count). The molecule has 2 atom stereocenters. The largest absolute Gasteiger partial charge is 0.481 e. The van der Waals surface area contributed by atoms with E-state index in [-0.39, 0.29) is 24.5 Å². The van der Waals surface area contributed by atoms with Crippen molar-refractivity contribution in [3.05, 3.63) is 24.3 Å². The third-order valence-electron chi connectivity index (χ3n) is 6.15. The predicted octanol–water partition coefficient (Wildman–Crippen LogP) is 2.95. The Bertz CT molecular complexity index is 720. The molecule has 1 amide bonds. The van der Waals surface area contributed by atoms with Crippen LogP contribution in [-0.2, 0) is 23.9 Å². The molecule has 9 heteroatoms. The minimum absolute atomic E-state index is 0.0271. The van der Waals surface area contributed by atoms with E-state index in [2.05, 4.69) is 23.8 Å². The van der Waals surface area contributed by atoms with E-state index in [9.17, 15) is 24.3 Å². The molecule has 0 bridgehead atoms. The van der Waals surface area contributed by atoms with Gasteiger partial charge in [-0.05, 0) is 46.1 Å². The van der Waals surface area contributed by atoms with E-state index in [1.54, 1.807) is 13.8 Å². The molecule has 9 nitrogen and oxygen atoms in total. The standard InChI is InChI=1S/C26H45N3O6/c1-20(2)25(33)28-23(15-17-27-16-11-19-35-26(34)21(3)4)29(5,6)22(13-14-24(31)32)12-9-7-8-10-18-30/h18,22-23,27H,1,3,7-17,19H2,2,4-6H3,(H-,28,31,32,33)/p+1. The van der Waals surface area contributed by atoms with Crippen molar-refractivity contribution in [2.24, 2.45) is 0 Å². The Balaban J connectivity index is 5.12. The number of carbonyl (C=O) groups is 4. The normalized spacial score (nSPS) is 12.9.